The van der Waals surface area contributed by atoms with Crippen LogP contribution in [0.5, 0.6) is 0 Å². The van der Waals surface area contributed by atoms with Gasteiger partial charge in [-0.25, -0.2) is 0 Å². The third-order valence-electron chi connectivity index (χ3n) is 4.80. The molecule has 0 saturated carbocycles. The maximum atomic E-state index is 12.9. The van der Waals surface area contributed by atoms with E-state index in [1.54, 1.807) is 11.0 Å². The lowest BCUT2D eigenvalue weighted by Crippen LogP contribution is -2.42. The highest BCUT2D eigenvalue weighted by molar-refractivity contribution is 7.12. The second-order valence-corrected chi connectivity index (χ2v) is 7.77. The van der Waals surface area contributed by atoms with E-state index in [1.165, 1.54) is 11.3 Å². The molecule has 5 heteroatoms. The first-order chi connectivity index (χ1) is 14.2. The summed E-state index contributed by atoms with van der Waals surface area (Å²) in [6.07, 6.45) is 1.51. The average Bonchev–Trinajstić information content (AvgIpc) is 3.45. The van der Waals surface area contributed by atoms with Gasteiger partial charge in [0.25, 0.3) is 5.91 Å². The molecular weight excluding hydrogens is 380 g/mol. The zero-order chi connectivity index (χ0) is 20.1. The largest absolute Gasteiger partial charge is 0.326 e. The van der Waals surface area contributed by atoms with Crippen LogP contribution in [0.3, 0.4) is 0 Å². The number of nitrogens with one attached hydrogen (secondary N) is 1. The van der Waals surface area contributed by atoms with Crippen LogP contribution in [-0.4, -0.2) is 29.3 Å². The van der Waals surface area contributed by atoms with E-state index < -0.39 is 6.04 Å². The molecular formula is C24H20N2O2S. The number of likely N-dealkylation sites (tertiary alicyclic amines) is 1. The Balaban J connectivity index is 1.46. The summed E-state index contributed by atoms with van der Waals surface area (Å²) < 4.78 is 0. The first kappa shape index (κ1) is 19.0. The minimum Gasteiger partial charge on any atom is -0.326 e. The van der Waals surface area contributed by atoms with E-state index in [2.05, 4.69) is 17.2 Å². The molecule has 0 spiro atoms. The first-order valence-electron chi connectivity index (χ1n) is 9.53. The van der Waals surface area contributed by atoms with Gasteiger partial charge in [0.2, 0.25) is 5.91 Å². The molecule has 1 atom stereocenters. The molecule has 4 rings (SSSR count). The van der Waals surface area contributed by atoms with Crippen molar-refractivity contribution < 1.29 is 9.59 Å². The van der Waals surface area contributed by atoms with Gasteiger partial charge in [-0.2, -0.15) is 0 Å². The van der Waals surface area contributed by atoms with Gasteiger partial charge >= 0.3 is 0 Å². The van der Waals surface area contributed by atoms with Crippen LogP contribution in [0.15, 0.2) is 72.1 Å². The zero-order valence-corrected chi connectivity index (χ0v) is 16.6. The molecule has 3 aromatic rings. The van der Waals surface area contributed by atoms with Crippen molar-refractivity contribution in [2.75, 3.05) is 11.9 Å². The van der Waals surface area contributed by atoms with E-state index in [4.69, 9.17) is 0 Å². The highest BCUT2D eigenvalue weighted by Crippen LogP contribution is 2.23. The molecule has 1 fully saturated rings. The molecule has 1 saturated heterocycles. The third-order valence-corrected chi connectivity index (χ3v) is 5.66. The van der Waals surface area contributed by atoms with Crippen molar-refractivity contribution in [3.8, 4) is 11.8 Å². The number of hydrogen-bond acceptors (Lipinski definition) is 3. The minimum absolute atomic E-state index is 0.0693. The number of carbonyl (C=O) groups is 2. The Morgan fingerprint density at radius 2 is 1.76 bits per heavy atom. The summed E-state index contributed by atoms with van der Waals surface area (Å²) in [5.41, 5.74) is 2.45. The number of rotatable bonds is 3. The van der Waals surface area contributed by atoms with Gasteiger partial charge in [0.15, 0.2) is 0 Å². The van der Waals surface area contributed by atoms with Gasteiger partial charge in [-0.15, -0.1) is 11.3 Å². The summed E-state index contributed by atoms with van der Waals surface area (Å²) in [6.45, 7) is 0.609. The fourth-order valence-electron chi connectivity index (χ4n) is 3.39. The second kappa shape index (κ2) is 8.76. The zero-order valence-electron chi connectivity index (χ0n) is 15.8. The Bertz CT molecular complexity index is 1070. The molecule has 1 N–H and O–H groups in total. The Morgan fingerprint density at radius 3 is 2.55 bits per heavy atom. The van der Waals surface area contributed by atoms with E-state index in [1.807, 2.05) is 66.0 Å². The molecule has 144 valence electrons. The summed E-state index contributed by atoms with van der Waals surface area (Å²) in [5, 5.41) is 4.83. The SMILES string of the molecule is O=C(Nc1cccc(C#Cc2ccccc2)c1)[C@H]1CCCN1C(=O)c1cccs1. The van der Waals surface area contributed by atoms with Crippen LogP contribution in [0.4, 0.5) is 5.69 Å². The Kier molecular flexibility index (Phi) is 5.73. The maximum absolute atomic E-state index is 12.9. The van der Waals surface area contributed by atoms with E-state index in [9.17, 15) is 9.59 Å². The molecule has 2 heterocycles. The Morgan fingerprint density at radius 1 is 0.966 bits per heavy atom. The van der Waals surface area contributed by atoms with E-state index in [0.29, 0.717) is 23.5 Å². The lowest BCUT2D eigenvalue weighted by atomic mass is 10.1. The van der Waals surface area contributed by atoms with Crippen molar-refractivity contribution in [1.82, 2.24) is 4.90 Å². The highest BCUT2D eigenvalue weighted by atomic mass is 32.1. The normalized spacial score (nSPS) is 15.4. The van der Waals surface area contributed by atoms with Gasteiger partial charge in [0.05, 0.1) is 4.88 Å². The molecule has 1 aromatic heterocycles. The predicted molar refractivity (Wildman–Crippen MR) is 116 cm³/mol. The van der Waals surface area contributed by atoms with Gasteiger partial charge < -0.3 is 10.2 Å². The number of hydrogen-bond donors (Lipinski definition) is 1. The summed E-state index contributed by atoms with van der Waals surface area (Å²) in [4.78, 5) is 27.9. The number of nitrogens with zero attached hydrogens (tertiary/aromatic N) is 1. The molecule has 0 unspecified atom stereocenters. The number of amides is 2. The maximum Gasteiger partial charge on any atom is 0.264 e. The van der Waals surface area contributed by atoms with Crippen molar-refractivity contribution in [2.45, 2.75) is 18.9 Å². The molecule has 0 bridgehead atoms. The topological polar surface area (TPSA) is 49.4 Å². The molecule has 4 nitrogen and oxygen atoms in total. The summed E-state index contributed by atoms with van der Waals surface area (Å²) in [5.74, 6) is 6.02. The van der Waals surface area contributed by atoms with Crippen molar-refractivity contribution in [3.63, 3.8) is 0 Å². The van der Waals surface area contributed by atoms with E-state index in [0.717, 1.165) is 17.5 Å². The standard InChI is InChI=1S/C24H20N2O2S/c27-23(21-11-5-15-26(21)24(28)22-12-6-16-29-22)25-20-10-4-9-19(17-20)14-13-18-7-2-1-3-8-18/h1-4,6-10,12,16-17,21H,5,11,15H2,(H,25,27)/t21-/m1/s1. The Hall–Kier alpha value is -3.36. The molecule has 1 aliphatic rings. The minimum atomic E-state index is -0.441. The molecule has 1 aliphatic heterocycles. The third kappa shape index (κ3) is 4.56. The molecule has 0 aliphatic carbocycles. The van der Waals surface area contributed by atoms with Crippen LogP contribution in [-0.2, 0) is 4.79 Å². The molecule has 2 aromatic carbocycles. The number of thiophene rings is 1. The van der Waals surface area contributed by atoms with Crippen molar-refractivity contribution in [2.24, 2.45) is 0 Å². The van der Waals surface area contributed by atoms with Gasteiger partial charge in [-0.3, -0.25) is 9.59 Å². The number of carbonyl (C=O) groups excluding carboxylic acids is 2. The van der Waals surface area contributed by atoms with Crippen LogP contribution < -0.4 is 5.32 Å². The lowest BCUT2D eigenvalue weighted by Gasteiger charge is -2.23. The first-order valence-corrected chi connectivity index (χ1v) is 10.4. The summed E-state index contributed by atoms with van der Waals surface area (Å²) >= 11 is 1.40. The van der Waals surface area contributed by atoms with E-state index in [-0.39, 0.29) is 11.8 Å². The van der Waals surface area contributed by atoms with Gasteiger partial charge in [0.1, 0.15) is 6.04 Å². The fraction of sp³-hybridized carbons (Fsp3) is 0.167. The fourth-order valence-corrected chi connectivity index (χ4v) is 4.07. The lowest BCUT2D eigenvalue weighted by molar-refractivity contribution is -0.119. The molecule has 29 heavy (non-hydrogen) atoms. The van der Waals surface area contributed by atoms with Gasteiger partial charge in [-0.1, -0.05) is 42.2 Å². The van der Waals surface area contributed by atoms with Gasteiger partial charge in [0, 0.05) is 23.4 Å². The summed E-state index contributed by atoms with van der Waals surface area (Å²) in [6, 6.07) is 20.5. The van der Waals surface area contributed by atoms with Crippen LogP contribution in [0.1, 0.15) is 33.6 Å². The van der Waals surface area contributed by atoms with Crippen LogP contribution in [0.25, 0.3) is 0 Å². The second-order valence-electron chi connectivity index (χ2n) is 6.82. The number of anilines is 1. The van der Waals surface area contributed by atoms with Crippen molar-refractivity contribution >= 4 is 28.8 Å². The molecule has 2 amide bonds. The average molecular weight is 401 g/mol. The number of benzene rings is 2. The quantitative estimate of drug-likeness (QED) is 0.663. The monoisotopic (exact) mass is 400 g/mol. The van der Waals surface area contributed by atoms with Crippen LogP contribution >= 0.6 is 11.3 Å². The Labute approximate surface area is 174 Å². The van der Waals surface area contributed by atoms with Crippen LogP contribution in [0, 0.1) is 11.8 Å². The van der Waals surface area contributed by atoms with Crippen LogP contribution in [0.2, 0.25) is 0 Å². The highest BCUT2D eigenvalue weighted by Gasteiger charge is 2.34. The summed E-state index contributed by atoms with van der Waals surface area (Å²) in [7, 11) is 0. The predicted octanol–water partition coefficient (Wildman–Crippen LogP) is 4.39. The molecule has 0 radical (unpaired) electrons. The smallest absolute Gasteiger partial charge is 0.264 e. The van der Waals surface area contributed by atoms with Crippen molar-refractivity contribution in [3.05, 3.63) is 88.1 Å². The van der Waals surface area contributed by atoms with E-state index >= 15 is 0 Å². The van der Waals surface area contributed by atoms with Crippen molar-refractivity contribution in [1.29, 1.82) is 0 Å². The van der Waals surface area contributed by atoms with Gasteiger partial charge in [-0.05, 0) is 54.6 Å².